The number of aromatic carboxylic acids is 1. The summed E-state index contributed by atoms with van der Waals surface area (Å²) < 4.78 is 28.8. The molecule has 0 amide bonds. The Hall–Kier alpha value is -1.12. The number of anilines is 1. The van der Waals surface area contributed by atoms with Crippen LogP contribution in [-0.2, 0) is 10.2 Å². The van der Waals surface area contributed by atoms with E-state index >= 15 is 0 Å². The summed E-state index contributed by atoms with van der Waals surface area (Å²) in [6, 6.07) is 4.04. The fourth-order valence-corrected chi connectivity index (χ4v) is 3.24. The SMILES string of the molecule is CC(C)(C)NS(=O)(=O)Nc1ccc(C(=O)O)cc1Br. The average molecular weight is 351 g/mol. The van der Waals surface area contributed by atoms with E-state index in [9.17, 15) is 13.2 Å². The number of halogens is 1. The van der Waals surface area contributed by atoms with Crippen molar-refractivity contribution >= 4 is 37.8 Å². The molecule has 0 radical (unpaired) electrons. The molecule has 0 saturated carbocycles. The number of hydrogen-bond donors (Lipinski definition) is 3. The van der Waals surface area contributed by atoms with Crippen molar-refractivity contribution in [1.82, 2.24) is 4.72 Å². The van der Waals surface area contributed by atoms with Crippen LogP contribution in [0.1, 0.15) is 31.1 Å². The molecule has 0 aliphatic carbocycles. The number of nitrogens with one attached hydrogen (secondary N) is 2. The Labute approximate surface area is 120 Å². The number of carboxylic acid groups (broad SMARTS) is 1. The predicted molar refractivity (Wildman–Crippen MR) is 76.5 cm³/mol. The van der Waals surface area contributed by atoms with E-state index in [1.54, 1.807) is 20.8 Å². The van der Waals surface area contributed by atoms with Crippen LogP contribution in [0, 0.1) is 0 Å². The van der Waals surface area contributed by atoms with Gasteiger partial charge in [-0.05, 0) is 54.9 Å². The molecule has 19 heavy (non-hydrogen) atoms. The van der Waals surface area contributed by atoms with Crippen molar-refractivity contribution in [3.63, 3.8) is 0 Å². The van der Waals surface area contributed by atoms with E-state index in [4.69, 9.17) is 5.11 Å². The number of benzene rings is 1. The first-order valence-electron chi connectivity index (χ1n) is 5.35. The number of hydrogen-bond acceptors (Lipinski definition) is 3. The highest BCUT2D eigenvalue weighted by molar-refractivity contribution is 9.10. The van der Waals surface area contributed by atoms with Crippen molar-refractivity contribution in [2.75, 3.05) is 4.72 Å². The highest BCUT2D eigenvalue weighted by atomic mass is 79.9. The van der Waals surface area contributed by atoms with Crippen molar-refractivity contribution in [3.8, 4) is 0 Å². The molecule has 0 spiro atoms. The van der Waals surface area contributed by atoms with E-state index in [-0.39, 0.29) is 11.3 Å². The van der Waals surface area contributed by atoms with Crippen molar-refractivity contribution in [2.45, 2.75) is 26.3 Å². The molecule has 0 unspecified atom stereocenters. The standard InChI is InChI=1S/C11H15BrN2O4S/c1-11(2,3)14-19(17,18)13-9-5-4-7(10(15)16)6-8(9)12/h4-6,13-14H,1-3H3,(H,15,16). The molecule has 1 aromatic rings. The zero-order valence-electron chi connectivity index (χ0n) is 10.7. The fraction of sp³-hybridized carbons (Fsp3) is 0.364. The molecule has 1 rings (SSSR count). The highest BCUT2D eigenvalue weighted by Crippen LogP contribution is 2.24. The minimum absolute atomic E-state index is 0.0682. The van der Waals surface area contributed by atoms with Gasteiger partial charge in [0.2, 0.25) is 0 Å². The molecule has 8 heteroatoms. The van der Waals surface area contributed by atoms with Crippen molar-refractivity contribution < 1.29 is 18.3 Å². The highest BCUT2D eigenvalue weighted by Gasteiger charge is 2.20. The first-order chi connectivity index (χ1) is 8.50. The van der Waals surface area contributed by atoms with Crippen LogP contribution in [-0.4, -0.2) is 25.0 Å². The second kappa shape index (κ2) is 5.48. The Balaban J connectivity index is 2.98. The first-order valence-corrected chi connectivity index (χ1v) is 7.62. The molecule has 0 fully saturated rings. The zero-order chi connectivity index (χ0) is 14.8. The van der Waals surface area contributed by atoms with E-state index in [1.165, 1.54) is 18.2 Å². The van der Waals surface area contributed by atoms with Gasteiger partial charge in [-0.25, -0.2) is 4.79 Å². The number of carbonyl (C=O) groups is 1. The van der Waals surface area contributed by atoms with Gasteiger partial charge < -0.3 is 5.11 Å². The van der Waals surface area contributed by atoms with Gasteiger partial charge in [-0.15, -0.1) is 0 Å². The fourth-order valence-electron chi connectivity index (χ4n) is 1.30. The lowest BCUT2D eigenvalue weighted by atomic mass is 10.1. The van der Waals surface area contributed by atoms with E-state index in [0.717, 1.165) is 0 Å². The van der Waals surface area contributed by atoms with Gasteiger partial charge in [-0.1, -0.05) is 0 Å². The van der Waals surface area contributed by atoms with E-state index in [0.29, 0.717) is 4.47 Å². The smallest absolute Gasteiger partial charge is 0.335 e. The first kappa shape index (κ1) is 15.9. The second-order valence-corrected chi connectivity index (χ2v) is 7.23. The Morgan fingerprint density at radius 2 is 1.89 bits per heavy atom. The zero-order valence-corrected chi connectivity index (χ0v) is 13.1. The molecular formula is C11H15BrN2O4S. The quantitative estimate of drug-likeness (QED) is 0.775. The Morgan fingerprint density at radius 3 is 2.32 bits per heavy atom. The van der Waals surface area contributed by atoms with E-state index in [1.807, 2.05) is 0 Å². The van der Waals surface area contributed by atoms with Gasteiger partial charge in [-0.2, -0.15) is 13.1 Å². The van der Waals surface area contributed by atoms with Crippen LogP contribution in [0.3, 0.4) is 0 Å². The van der Waals surface area contributed by atoms with Crippen molar-refractivity contribution in [2.24, 2.45) is 0 Å². The molecular weight excluding hydrogens is 336 g/mol. The van der Waals surface area contributed by atoms with Gasteiger partial charge in [0.05, 0.1) is 11.3 Å². The van der Waals surface area contributed by atoms with E-state index < -0.39 is 21.7 Å². The molecule has 0 saturated heterocycles. The Bertz CT molecular complexity index is 593. The Morgan fingerprint density at radius 1 is 1.32 bits per heavy atom. The van der Waals surface area contributed by atoms with Gasteiger partial charge >= 0.3 is 5.97 Å². The lowest BCUT2D eigenvalue weighted by Gasteiger charge is -2.21. The van der Waals surface area contributed by atoms with Crippen LogP contribution in [0.15, 0.2) is 22.7 Å². The summed E-state index contributed by atoms with van der Waals surface area (Å²) >= 11 is 3.13. The summed E-state index contributed by atoms with van der Waals surface area (Å²) in [5, 5.41) is 8.81. The lowest BCUT2D eigenvalue weighted by Crippen LogP contribution is -2.43. The van der Waals surface area contributed by atoms with Crippen molar-refractivity contribution in [1.29, 1.82) is 0 Å². The largest absolute Gasteiger partial charge is 0.478 e. The number of carboxylic acids is 1. The average Bonchev–Trinajstić information content (AvgIpc) is 2.16. The monoisotopic (exact) mass is 350 g/mol. The van der Waals surface area contributed by atoms with Crippen LogP contribution < -0.4 is 9.44 Å². The predicted octanol–water partition coefficient (Wildman–Crippen LogP) is 2.19. The third-order valence-corrected chi connectivity index (χ3v) is 3.93. The topological polar surface area (TPSA) is 95.5 Å². The van der Waals surface area contributed by atoms with E-state index in [2.05, 4.69) is 25.4 Å². The molecule has 0 aromatic heterocycles. The van der Waals surface area contributed by atoms with Crippen LogP contribution in [0.5, 0.6) is 0 Å². The maximum atomic E-state index is 11.8. The minimum Gasteiger partial charge on any atom is -0.478 e. The normalized spacial score (nSPS) is 12.2. The van der Waals surface area contributed by atoms with Gasteiger partial charge in [0.25, 0.3) is 10.2 Å². The third kappa shape index (κ3) is 5.17. The molecule has 1 aromatic carbocycles. The summed E-state index contributed by atoms with van der Waals surface area (Å²) in [5.74, 6) is -1.08. The van der Waals surface area contributed by atoms with Crippen LogP contribution >= 0.6 is 15.9 Å². The molecule has 0 bridgehead atoms. The molecule has 0 aliphatic heterocycles. The molecule has 0 atom stereocenters. The lowest BCUT2D eigenvalue weighted by molar-refractivity contribution is 0.0697. The molecule has 106 valence electrons. The van der Waals surface area contributed by atoms with Crippen molar-refractivity contribution in [3.05, 3.63) is 28.2 Å². The van der Waals surface area contributed by atoms with Crippen LogP contribution in [0.25, 0.3) is 0 Å². The second-order valence-electron chi connectivity index (χ2n) is 4.96. The van der Waals surface area contributed by atoms with Gasteiger partial charge in [0.15, 0.2) is 0 Å². The van der Waals surface area contributed by atoms with Gasteiger partial charge in [0, 0.05) is 10.0 Å². The number of rotatable bonds is 4. The molecule has 3 N–H and O–H groups in total. The molecule has 0 heterocycles. The minimum atomic E-state index is -3.73. The maximum absolute atomic E-state index is 11.8. The molecule has 0 aliphatic rings. The summed E-state index contributed by atoms with van der Waals surface area (Å²) in [6.45, 7) is 5.15. The summed E-state index contributed by atoms with van der Waals surface area (Å²) in [4.78, 5) is 10.8. The van der Waals surface area contributed by atoms with Crippen LogP contribution in [0.2, 0.25) is 0 Å². The summed E-state index contributed by atoms with van der Waals surface area (Å²) in [5.41, 5.74) is -0.278. The summed E-state index contributed by atoms with van der Waals surface area (Å²) in [7, 11) is -3.73. The van der Waals surface area contributed by atoms with Gasteiger partial charge in [-0.3, -0.25) is 4.72 Å². The van der Waals surface area contributed by atoms with Gasteiger partial charge in [0.1, 0.15) is 0 Å². The molecule has 6 nitrogen and oxygen atoms in total. The third-order valence-electron chi connectivity index (χ3n) is 1.90. The Kier molecular flexibility index (Phi) is 4.59. The summed E-state index contributed by atoms with van der Waals surface area (Å²) in [6.07, 6.45) is 0. The van der Waals surface area contributed by atoms with Crippen LogP contribution in [0.4, 0.5) is 5.69 Å². The maximum Gasteiger partial charge on any atom is 0.335 e.